The van der Waals surface area contributed by atoms with Crippen LogP contribution in [0.15, 0.2) is 22.7 Å². The molecule has 1 unspecified atom stereocenters. The molecular formula is C16H27BrN2. The van der Waals surface area contributed by atoms with Gasteiger partial charge in [-0.3, -0.25) is 0 Å². The number of halogens is 1. The predicted molar refractivity (Wildman–Crippen MR) is 89.0 cm³/mol. The van der Waals surface area contributed by atoms with Crippen molar-refractivity contribution in [3.63, 3.8) is 0 Å². The number of rotatable bonds is 5. The largest absolute Gasteiger partial charge is 0.374 e. The Hall–Kier alpha value is -0.540. The zero-order valence-electron chi connectivity index (χ0n) is 13.0. The van der Waals surface area contributed by atoms with Crippen molar-refractivity contribution in [3.05, 3.63) is 28.2 Å². The van der Waals surface area contributed by atoms with Gasteiger partial charge in [-0.1, -0.05) is 43.6 Å². The molecule has 0 aliphatic rings. The molecule has 1 N–H and O–H groups in total. The third-order valence-corrected chi connectivity index (χ3v) is 3.58. The van der Waals surface area contributed by atoms with Gasteiger partial charge in [-0.15, -0.1) is 0 Å². The van der Waals surface area contributed by atoms with E-state index >= 15 is 0 Å². The summed E-state index contributed by atoms with van der Waals surface area (Å²) in [4.78, 5) is 2.36. The highest BCUT2D eigenvalue weighted by molar-refractivity contribution is 9.10. The van der Waals surface area contributed by atoms with Crippen LogP contribution in [0.2, 0.25) is 0 Å². The summed E-state index contributed by atoms with van der Waals surface area (Å²) in [5, 5.41) is 3.50. The molecule has 1 aromatic rings. The molecule has 2 nitrogen and oxygen atoms in total. The Kier molecular flexibility index (Phi) is 5.87. The van der Waals surface area contributed by atoms with Crippen molar-refractivity contribution < 1.29 is 0 Å². The van der Waals surface area contributed by atoms with Crippen molar-refractivity contribution in [1.82, 2.24) is 5.32 Å². The summed E-state index contributed by atoms with van der Waals surface area (Å²) in [6.07, 6.45) is 0. The number of hydrogen-bond acceptors (Lipinski definition) is 2. The average Bonchev–Trinajstić information content (AvgIpc) is 2.26. The fourth-order valence-electron chi connectivity index (χ4n) is 2.43. The van der Waals surface area contributed by atoms with Gasteiger partial charge in [0.1, 0.15) is 0 Å². The molecule has 0 fully saturated rings. The van der Waals surface area contributed by atoms with E-state index in [4.69, 9.17) is 0 Å². The molecule has 0 saturated carbocycles. The molecule has 0 heterocycles. The van der Waals surface area contributed by atoms with Crippen LogP contribution in [-0.4, -0.2) is 20.1 Å². The van der Waals surface area contributed by atoms with Gasteiger partial charge >= 0.3 is 0 Å². The molecule has 0 spiro atoms. The molecule has 0 radical (unpaired) electrons. The quantitative estimate of drug-likeness (QED) is 0.850. The van der Waals surface area contributed by atoms with Gasteiger partial charge in [0.15, 0.2) is 0 Å². The zero-order valence-corrected chi connectivity index (χ0v) is 14.6. The third kappa shape index (κ3) is 5.15. The van der Waals surface area contributed by atoms with Gasteiger partial charge < -0.3 is 10.2 Å². The minimum Gasteiger partial charge on any atom is -0.374 e. The Morgan fingerprint density at radius 1 is 1.32 bits per heavy atom. The number of anilines is 1. The van der Waals surface area contributed by atoms with Crippen molar-refractivity contribution in [2.75, 3.05) is 25.0 Å². The first kappa shape index (κ1) is 16.5. The van der Waals surface area contributed by atoms with E-state index in [1.54, 1.807) is 0 Å². The summed E-state index contributed by atoms with van der Waals surface area (Å²) in [7, 11) is 2.18. The molecule has 1 atom stereocenters. The lowest BCUT2D eigenvalue weighted by molar-refractivity contribution is 0.418. The number of nitrogens with zero attached hydrogens (tertiary/aromatic N) is 1. The highest BCUT2D eigenvalue weighted by Gasteiger charge is 2.18. The molecule has 0 bridgehead atoms. The molecule has 0 amide bonds. The van der Waals surface area contributed by atoms with E-state index in [9.17, 15) is 0 Å². The maximum Gasteiger partial charge on any atom is 0.0412 e. The molecule has 1 rings (SSSR count). The lowest BCUT2D eigenvalue weighted by Crippen LogP contribution is -2.31. The Bertz CT molecular complexity index is 410. The minimum absolute atomic E-state index is 0.292. The van der Waals surface area contributed by atoms with Crippen LogP contribution in [0.5, 0.6) is 0 Å². The van der Waals surface area contributed by atoms with E-state index < -0.39 is 0 Å². The van der Waals surface area contributed by atoms with E-state index in [1.807, 2.05) is 0 Å². The molecule has 0 saturated heterocycles. The molecule has 0 aromatic heterocycles. The highest BCUT2D eigenvalue weighted by atomic mass is 79.9. The topological polar surface area (TPSA) is 15.3 Å². The Morgan fingerprint density at radius 3 is 2.47 bits per heavy atom. The van der Waals surface area contributed by atoms with Crippen LogP contribution in [0.1, 0.15) is 46.2 Å². The van der Waals surface area contributed by atoms with Crippen LogP contribution in [0.3, 0.4) is 0 Å². The maximum absolute atomic E-state index is 3.58. The van der Waals surface area contributed by atoms with Crippen LogP contribution >= 0.6 is 15.9 Å². The highest BCUT2D eigenvalue weighted by Crippen LogP contribution is 2.30. The number of nitrogens with one attached hydrogen (secondary N) is 1. The van der Waals surface area contributed by atoms with E-state index in [0.717, 1.165) is 17.6 Å². The second kappa shape index (κ2) is 6.76. The summed E-state index contributed by atoms with van der Waals surface area (Å²) >= 11 is 3.58. The molecular weight excluding hydrogens is 300 g/mol. The number of hydrogen-bond donors (Lipinski definition) is 1. The van der Waals surface area contributed by atoms with Crippen molar-refractivity contribution in [2.24, 2.45) is 5.41 Å². The van der Waals surface area contributed by atoms with Crippen molar-refractivity contribution in [1.29, 1.82) is 0 Å². The Balaban J connectivity index is 3.05. The van der Waals surface area contributed by atoms with Crippen LogP contribution < -0.4 is 10.2 Å². The Morgan fingerprint density at radius 2 is 1.95 bits per heavy atom. The average molecular weight is 327 g/mol. The predicted octanol–water partition coefficient (Wildman–Crippen LogP) is 4.60. The lowest BCUT2D eigenvalue weighted by Gasteiger charge is -2.31. The summed E-state index contributed by atoms with van der Waals surface area (Å²) < 4.78 is 1.14. The Labute approximate surface area is 126 Å². The van der Waals surface area contributed by atoms with E-state index in [-0.39, 0.29) is 0 Å². The van der Waals surface area contributed by atoms with E-state index in [0.29, 0.717) is 11.5 Å². The fourth-order valence-corrected chi connectivity index (χ4v) is 2.81. The van der Waals surface area contributed by atoms with Gasteiger partial charge in [0.2, 0.25) is 0 Å². The second-order valence-electron chi connectivity index (χ2n) is 6.40. The van der Waals surface area contributed by atoms with Gasteiger partial charge in [0.05, 0.1) is 0 Å². The zero-order chi connectivity index (χ0) is 14.6. The minimum atomic E-state index is 0.292. The van der Waals surface area contributed by atoms with Gasteiger partial charge in [-0.2, -0.15) is 0 Å². The summed E-state index contributed by atoms with van der Waals surface area (Å²) in [5.74, 6) is 0. The second-order valence-corrected chi connectivity index (χ2v) is 7.31. The molecule has 1 aromatic carbocycles. The molecule has 0 aliphatic heterocycles. The molecule has 19 heavy (non-hydrogen) atoms. The normalized spacial score (nSPS) is 13.4. The first-order chi connectivity index (χ1) is 8.74. The number of benzene rings is 1. The smallest absolute Gasteiger partial charge is 0.0412 e. The summed E-state index contributed by atoms with van der Waals surface area (Å²) in [6.45, 7) is 13.2. The lowest BCUT2D eigenvalue weighted by atomic mass is 9.95. The van der Waals surface area contributed by atoms with Gasteiger partial charge in [-0.05, 0) is 42.6 Å². The summed E-state index contributed by atoms with van der Waals surface area (Å²) in [6, 6.07) is 6.91. The molecule has 108 valence electrons. The standard InChI is InChI=1S/C16H27BrN2/c1-7-18-12(2)14-10-13(17)8-9-15(14)19(6)11-16(3,4)5/h8-10,12,18H,7,11H2,1-6H3. The van der Waals surface area contributed by atoms with Crippen molar-refractivity contribution in [3.8, 4) is 0 Å². The van der Waals surface area contributed by atoms with Crippen LogP contribution in [-0.2, 0) is 0 Å². The van der Waals surface area contributed by atoms with E-state index in [1.165, 1.54) is 11.3 Å². The van der Waals surface area contributed by atoms with Gasteiger partial charge in [0, 0.05) is 29.8 Å². The molecule has 0 aliphatic carbocycles. The van der Waals surface area contributed by atoms with E-state index in [2.05, 4.69) is 86.0 Å². The van der Waals surface area contributed by atoms with Crippen molar-refractivity contribution >= 4 is 21.6 Å². The SMILES string of the molecule is CCNC(C)c1cc(Br)ccc1N(C)CC(C)(C)C. The van der Waals surface area contributed by atoms with Gasteiger partial charge in [0.25, 0.3) is 0 Å². The van der Waals surface area contributed by atoms with Gasteiger partial charge in [-0.25, -0.2) is 0 Å². The van der Waals surface area contributed by atoms with Crippen LogP contribution in [0.4, 0.5) is 5.69 Å². The van der Waals surface area contributed by atoms with Crippen LogP contribution in [0, 0.1) is 5.41 Å². The summed E-state index contributed by atoms with van der Waals surface area (Å²) in [5.41, 5.74) is 2.95. The van der Waals surface area contributed by atoms with Crippen molar-refractivity contribution in [2.45, 2.75) is 40.7 Å². The molecule has 3 heteroatoms. The first-order valence-electron chi connectivity index (χ1n) is 6.98. The third-order valence-electron chi connectivity index (χ3n) is 3.09. The van der Waals surface area contributed by atoms with Crippen LogP contribution in [0.25, 0.3) is 0 Å². The maximum atomic E-state index is 3.58. The first-order valence-corrected chi connectivity index (χ1v) is 7.78. The monoisotopic (exact) mass is 326 g/mol. The fraction of sp³-hybridized carbons (Fsp3) is 0.625.